The maximum Gasteiger partial charge on any atom is 0.0325 e. The molecular formula is C18H26BrN. The molecule has 110 valence electrons. The molecule has 0 spiro atoms. The van der Waals surface area contributed by atoms with Crippen LogP contribution in [0.2, 0.25) is 0 Å². The first-order valence-corrected chi connectivity index (χ1v) is 8.96. The smallest absolute Gasteiger partial charge is 0.0325 e. The first-order valence-electron chi connectivity index (χ1n) is 8.16. The van der Waals surface area contributed by atoms with Crippen LogP contribution in [0.4, 0.5) is 0 Å². The Balaban J connectivity index is 1.76. The Morgan fingerprint density at radius 1 is 1.30 bits per heavy atom. The van der Waals surface area contributed by atoms with Gasteiger partial charge in [0.1, 0.15) is 0 Å². The highest BCUT2D eigenvalue weighted by atomic mass is 79.9. The molecular weight excluding hydrogens is 310 g/mol. The summed E-state index contributed by atoms with van der Waals surface area (Å²) in [5.74, 6) is 3.03. The lowest BCUT2D eigenvalue weighted by Crippen LogP contribution is -2.26. The van der Waals surface area contributed by atoms with E-state index in [0.29, 0.717) is 6.04 Å². The van der Waals surface area contributed by atoms with Gasteiger partial charge in [0.05, 0.1) is 0 Å². The molecule has 2 aliphatic carbocycles. The minimum atomic E-state index is 0.529. The topological polar surface area (TPSA) is 12.0 Å². The monoisotopic (exact) mass is 335 g/mol. The molecule has 0 aliphatic heterocycles. The van der Waals surface area contributed by atoms with Crippen LogP contribution in [-0.2, 0) is 0 Å². The van der Waals surface area contributed by atoms with E-state index in [0.717, 1.165) is 24.3 Å². The first-order chi connectivity index (χ1) is 9.67. The van der Waals surface area contributed by atoms with E-state index in [2.05, 4.69) is 53.3 Å². The summed E-state index contributed by atoms with van der Waals surface area (Å²) in [4.78, 5) is 0. The van der Waals surface area contributed by atoms with Crippen molar-refractivity contribution in [3.63, 3.8) is 0 Å². The molecule has 0 saturated heterocycles. The van der Waals surface area contributed by atoms with Crippen LogP contribution < -0.4 is 5.32 Å². The predicted octanol–water partition coefficient (Wildman–Crippen LogP) is 5.23. The second kappa shape index (κ2) is 6.19. The van der Waals surface area contributed by atoms with E-state index < -0.39 is 0 Å². The van der Waals surface area contributed by atoms with Gasteiger partial charge in [0.15, 0.2) is 0 Å². The largest absolute Gasteiger partial charge is 0.310 e. The van der Waals surface area contributed by atoms with Gasteiger partial charge < -0.3 is 5.32 Å². The highest BCUT2D eigenvalue weighted by Crippen LogP contribution is 2.51. The molecule has 2 heteroatoms. The average Bonchev–Trinajstić information content (AvgIpc) is 3.03. The standard InChI is InChI=1S/C18H26BrN/c1-3-20-18(17-11-16(19)7-4-12(17)2)10-15-9-13-5-6-14(15)8-13/h4,7,11,13-15,18,20H,3,5-6,8-10H2,1-2H3. The lowest BCUT2D eigenvalue weighted by Gasteiger charge is -2.28. The van der Waals surface area contributed by atoms with Crippen LogP contribution in [0.25, 0.3) is 0 Å². The van der Waals surface area contributed by atoms with Crippen molar-refractivity contribution < 1.29 is 0 Å². The Morgan fingerprint density at radius 2 is 2.15 bits per heavy atom. The molecule has 0 aromatic heterocycles. The molecule has 2 fully saturated rings. The van der Waals surface area contributed by atoms with E-state index in [1.54, 1.807) is 0 Å². The molecule has 2 bridgehead atoms. The minimum absolute atomic E-state index is 0.529. The van der Waals surface area contributed by atoms with Crippen LogP contribution in [0.15, 0.2) is 22.7 Å². The Morgan fingerprint density at radius 3 is 2.80 bits per heavy atom. The molecule has 20 heavy (non-hydrogen) atoms. The molecule has 1 N–H and O–H groups in total. The fourth-order valence-corrected chi connectivity index (χ4v) is 4.90. The molecule has 0 amide bonds. The maximum atomic E-state index is 3.73. The van der Waals surface area contributed by atoms with E-state index in [9.17, 15) is 0 Å². The summed E-state index contributed by atoms with van der Waals surface area (Å²) in [6.07, 6.45) is 7.32. The summed E-state index contributed by atoms with van der Waals surface area (Å²) in [5, 5.41) is 3.73. The van der Waals surface area contributed by atoms with Crippen LogP contribution in [0.1, 0.15) is 56.2 Å². The van der Waals surface area contributed by atoms with Gasteiger partial charge in [-0.2, -0.15) is 0 Å². The third-order valence-corrected chi connectivity index (χ3v) is 5.98. The van der Waals surface area contributed by atoms with Crippen molar-refractivity contribution in [2.75, 3.05) is 6.54 Å². The van der Waals surface area contributed by atoms with Crippen LogP contribution >= 0.6 is 15.9 Å². The molecule has 0 radical (unpaired) electrons. The van der Waals surface area contributed by atoms with Crippen molar-refractivity contribution >= 4 is 15.9 Å². The van der Waals surface area contributed by atoms with Crippen LogP contribution in [-0.4, -0.2) is 6.54 Å². The van der Waals surface area contributed by atoms with Gasteiger partial charge in [-0.05, 0) is 80.2 Å². The fourth-order valence-electron chi connectivity index (χ4n) is 4.52. The van der Waals surface area contributed by atoms with E-state index in [4.69, 9.17) is 0 Å². The Kier molecular flexibility index (Phi) is 4.52. The van der Waals surface area contributed by atoms with Gasteiger partial charge >= 0.3 is 0 Å². The van der Waals surface area contributed by atoms with Crippen molar-refractivity contribution in [1.29, 1.82) is 0 Å². The van der Waals surface area contributed by atoms with E-state index in [1.165, 1.54) is 47.7 Å². The summed E-state index contributed by atoms with van der Waals surface area (Å²) in [5.41, 5.74) is 2.91. The van der Waals surface area contributed by atoms with Gasteiger partial charge in [-0.1, -0.05) is 35.3 Å². The number of fused-ring (bicyclic) bond motifs is 2. The van der Waals surface area contributed by atoms with Gasteiger partial charge in [0, 0.05) is 10.5 Å². The van der Waals surface area contributed by atoms with Crippen molar-refractivity contribution in [3.8, 4) is 0 Å². The van der Waals surface area contributed by atoms with Gasteiger partial charge in [0.2, 0.25) is 0 Å². The van der Waals surface area contributed by atoms with Gasteiger partial charge in [-0.3, -0.25) is 0 Å². The number of rotatable bonds is 5. The SMILES string of the molecule is CCNC(CC1CC2CCC1C2)c1cc(Br)ccc1C. The number of benzene rings is 1. The molecule has 3 rings (SSSR count). The predicted molar refractivity (Wildman–Crippen MR) is 88.9 cm³/mol. The number of halogens is 1. The maximum absolute atomic E-state index is 3.73. The molecule has 4 atom stereocenters. The second-order valence-corrected chi connectivity index (χ2v) is 7.70. The molecule has 1 nitrogen and oxygen atoms in total. The van der Waals surface area contributed by atoms with E-state index in [-0.39, 0.29) is 0 Å². The van der Waals surface area contributed by atoms with E-state index in [1.807, 2.05) is 0 Å². The Labute approximate surface area is 131 Å². The average molecular weight is 336 g/mol. The van der Waals surface area contributed by atoms with Crippen LogP contribution in [0, 0.1) is 24.7 Å². The fraction of sp³-hybridized carbons (Fsp3) is 0.667. The zero-order valence-electron chi connectivity index (χ0n) is 12.7. The number of hydrogen-bond donors (Lipinski definition) is 1. The lowest BCUT2D eigenvalue weighted by molar-refractivity contribution is 0.280. The van der Waals surface area contributed by atoms with Crippen LogP contribution in [0.3, 0.4) is 0 Å². The Bertz CT molecular complexity index is 470. The molecule has 0 heterocycles. The zero-order valence-corrected chi connectivity index (χ0v) is 14.2. The number of aryl methyl sites for hydroxylation is 1. The highest BCUT2D eigenvalue weighted by molar-refractivity contribution is 9.10. The zero-order chi connectivity index (χ0) is 14.1. The number of hydrogen-bond acceptors (Lipinski definition) is 1. The van der Waals surface area contributed by atoms with Crippen molar-refractivity contribution in [2.24, 2.45) is 17.8 Å². The van der Waals surface area contributed by atoms with Crippen LogP contribution in [0.5, 0.6) is 0 Å². The minimum Gasteiger partial charge on any atom is -0.310 e. The molecule has 2 aliphatic rings. The summed E-state index contributed by atoms with van der Waals surface area (Å²) < 4.78 is 1.20. The molecule has 2 saturated carbocycles. The third kappa shape index (κ3) is 2.96. The molecule has 1 aromatic carbocycles. The Hall–Kier alpha value is -0.340. The normalized spacial score (nSPS) is 29.9. The molecule has 1 aromatic rings. The third-order valence-electron chi connectivity index (χ3n) is 5.49. The van der Waals surface area contributed by atoms with Crippen molar-refractivity contribution in [1.82, 2.24) is 5.32 Å². The quantitative estimate of drug-likeness (QED) is 0.776. The van der Waals surface area contributed by atoms with E-state index >= 15 is 0 Å². The molecule has 4 unspecified atom stereocenters. The van der Waals surface area contributed by atoms with Gasteiger partial charge in [0.25, 0.3) is 0 Å². The summed E-state index contributed by atoms with van der Waals surface area (Å²) in [7, 11) is 0. The number of nitrogens with one attached hydrogen (secondary N) is 1. The first kappa shape index (κ1) is 14.6. The van der Waals surface area contributed by atoms with Crippen molar-refractivity contribution in [3.05, 3.63) is 33.8 Å². The summed E-state index contributed by atoms with van der Waals surface area (Å²) in [6, 6.07) is 7.24. The van der Waals surface area contributed by atoms with Gasteiger partial charge in [-0.25, -0.2) is 0 Å². The lowest BCUT2D eigenvalue weighted by atomic mass is 9.82. The van der Waals surface area contributed by atoms with Gasteiger partial charge in [-0.15, -0.1) is 0 Å². The highest BCUT2D eigenvalue weighted by Gasteiger charge is 2.40. The summed E-state index contributed by atoms with van der Waals surface area (Å²) >= 11 is 3.63. The second-order valence-electron chi connectivity index (χ2n) is 6.78. The van der Waals surface area contributed by atoms with Crippen molar-refractivity contribution in [2.45, 2.75) is 52.0 Å². The summed E-state index contributed by atoms with van der Waals surface area (Å²) in [6.45, 7) is 5.52.